The van der Waals surface area contributed by atoms with Crippen LogP contribution in [0.2, 0.25) is 0 Å². The van der Waals surface area contributed by atoms with Crippen molar-refractivity contribution < 1.29 is 14.6 Å². The number of ether oxygens (including phenoxy) is 1. The van der Waals surface area contributed by atoms with Crippen LogP contribution in [0.1, 0.15) is 25.3 Å². The number of aliphatic hydroxyl groups is 1. The fraction of sp³-hybridized carbons (Fsp3) is 0.600. The molecule has 0 unspecified atom stereocenters. The summed E-state index contributed by atoms with van der Waals surface area (Å²) < 4.78 is 6.11. The van der Waals surface area contributed by atoms with Crippen LogP contribution in [-0.4, -0.2) is 34.2 Å². The van der Waals surface area contributed by atoms with E-state index >= 15 is 0 Å². The predicted molar refractivity (Wildman–Crippen MR) is 54.7 cm³/mol. The van der Waals surface area contributed by atoms with Gasteiger partial charge in [-0.15, -0.1) is 0 Å². The topological polar surface area (TPSA) is 64.3 Å². The van der Waals surface area contributed by atoms with Gasteiger partial charge < -0.3 is 9.84 Å². The third kappa shape index (κ3) is 3.71. The molecule has 0 aliphatic rings. The highest BCUT2D eigenvalue weighted by molar-refractivity contribution is 5.69. The van der Waals surface area contributed by atoms with Crippen LogP contribution in [0.4, 0.5) is 4.79 Å². The van der Waals surface area contributed by atoms with Crippen molar-refractivity contribution in [2.24, 2.45) is 0 Å². The maximum atomic E-state index is 11.4. The minimum atomic E-state index is -0.465. The molecule has 5 heteroatoms. The number of hydrogen-bond donors (Lipinski definition) is 1. The van der Waals surface area contributed by atoms with Crippen molar-refractivity contribution in [2.45, 2.75) is 26.2 Å². The van der Waals surface area contributed by atoms with Crippen molar-refractivity contribution in [2.75, 3.05) is 13.2 Å². The van der Waals surface area contributed by atoms with Crippen LogP contribution in [0.15, 0.2) is 12.4 Å². The van der Waals surface area contributed by atoms with Gasteiger partial charge in [-0.2, -0.15) is 9.78 Å². The van der Waals surface area contributed by atoms with Gasteiger partial charge in [0.1, 0.15) is 0 Å². The first-order valence-corrected chi connectivity index (χ1v) is 5.09. The van der Waals surface area contributed by atoms with E-state index in [9.17, 15) is 4.79 Å². The van der Waals surface area contributed by atoms with Crippen molar-refractivity contribution in [1.29, 1.82) is 0 Å². The molecule has 1 aromatic heterocycles. The zero-order valence-electron chi connectivity index (χ0n) is 8.85. The molecular formula is C10H16N2O3. The maximum Gasteiger partial charge on any atom is 0.434 e. The third-order valence-electron chi connectivity index (χ3n) is 1.95. The van der Waals surface area contributed by atoms with E-state index < -0.39 is 6.09 Å². The van der Waals surface area contributed by atoms with Gasteiger partial charge in [0.15, 0.2) is 0 Å². The second-order valence-electron chi connectivity index (χ2n) is 3.23. The second kappa shape index (κ2) is 6.19. The molecule has 84 valence electrons. The Hall–Kier alpha value is -1.36. The SMILES string of the molecule is CCCCOC(=O)n1cc(CCO)cn1. The summed E-state index contributed by atoms with van der Waals surface area (Å²) in [4.78, 5) is 11.4. The van der Waals surface area contributed by atoms with Crippen LogP contribution in [-0.2, 0) is 11.2 Å². The average molecular weight is 212 g/mol. The smallest absolute Gasteiger partial charge is 0.434 e. The standard InChI is InChI=1S/C10H16N2O3/c1-2-3-6-15-10(14)12-8-9(4-5-13)7-11-12/h7-8,13H,2-6H2,1H3. The van der Waals surface area contributed by atoms with Gasteiger partial charge in [0.25, 0.3) is 0 Å². The number of rotatable bonds is 5. The number of aromatic nitrogens is 2. The van der Waals surface area contributed by atoms with E-state index in [-0.39, 0.29) is 6.61 Å². The second-order valence-corrected chi connectivity index (χ2v) is 3.23. The van der Waals surface area contributed by atoms with Crippen LogP contribution in [0.5, 0.6) is 0 Å². The molecule has 0 aliphatic carbocycles. The Morgan fingerprint density at radius 1 is 1.67 bits per heavy atom. The highest BCUT2D eigenvalue weighted by Gasteiger charge is 2.07. The largest absolute Gasteiger partial charge is 0.448 e. The summed E-state index contributed by atoms with van der Waals surface area (Å²) >= 11 is 0. The molecule has 1 N–H and O–H groups in total. The first-order valence-electron chi connectivity index (χ1n) is 5.09. The van der Waals surface area contributed by atoms with Gasteiger partial charge in [-0.25, -0.2) is 4.79 Å². The fourth-order valence-electron chi connectivity index (χ4n) is 1.09. The molecule has 0 atom stereocenters. The Morgan fingerprint density at radius 3 is 3.13 bits per heavy atom. The van der Waals surface area contributed by atoms with Gasteiger partial charge in [0.2, 0.25) is 0 Å². The molecule has 0 aliphatic heterocycles. The van der Waals surface area contributed by atoms with Crippen LogP contribution >= 0.6 is 0 Å². The van der Waals surface area contributed by atoms with Crippen molar-refractivity contribution in [3.63, 3.8) is 0 Å². The quantitative estimate of drug-likeness (QED) is 0.745. The molecule has 0 saturated carbocycles. The van der Waals surface area contributed by atoms with Gasteiger partial charge >= 0.3 is 6.09 Å². The zero-order chi connectivity index (χ0) is 11.1. The summed E-state index contributed by atoms with van der Waals surface area (Å²) in [6.45, 7) is 2.50. The number of unbranched alkanes of at least 4 members (excludes halogenated alkanes) is 1. The molecule has 15 heavy (non-hydrogen) atoms. The first-order chi connectivity index (χ1) is 7.27. The van der Waals surface area contributed by atoms with Gasteiger partial charge in [-0.3, -0.25) is 0 Å². The average Bonchev–Trinajstić information content (AvgIpc) is 2.67. The first kappa shape index (κ1) is 11.7. The monoisotopic (exact) mass is 212 g/mol. The lowest BCUT2D eigenvalue weighted by molar-refractivity contribution is 0.142. The number of aliphatic hydroxyl groups excluding tert-OH is 1. The summed E-state index contributed by atoms with van der Waals surface area (Å²) in [5.74, 6) is 0. The summed E-state index contributed by atoms with van der Waals surface area (Å²) in [5, 5.41) is 12.5. The Kier molecular flexibility index (Phi) is 4.83. The summed E-state index contributed by atoms with van der Waals surface area (Å²) in [7, 11) is 0. The predicted octanol–water partition coefficient (Wildman–Crippen LogP) is 1.20. The van der Waals surface area contributed by atoms with E-state index in [4.69, 9.17) is 9.84 Å². The molecule has 0 aromatic carbocycles. The minimum Gasteiger partial charge on any atom is -0.448 e. The maximum absolute atomic E-state index is 11.4. The lowest BCUT2D eigenvalue weighted by Crippen LogP contribution is -2.14. The van der Waals surface area contributed by atoms with E-state index in [1.54, 1.807) is 12.4 Å². The summed E-state index contributed by atoms with van der Waals surface area (Å²) in [6.07, 6.45) is 5.01. The third-order valence-corrected chi connectivity index (χ3v) is 1.95. The van der Waals surface area contributed by atoms with Crippen LogP contribution in [0, 0.1) is 0 Å². The highest BCUT2D eigenvalue weighted by Crippen LogP contribution is 2.00. The number of carbonyl (C=O) groups excluding carboxylic acids is 1. The molecule has 0 spiro atoms. The van der Waals surface area contributed by atoms with Gasteiger partial charge in [-0.05, 0) is 18.4 Å². The molecule has 0 saturated heterocycles. The lowest BCUT2D eigenvalue weighted by atomic mass is 10.3. The Labute approximate surface area is 88.7 Å². The summed E-state index contributed by atoms with van der Waals surface area (Å²) in [5.41, 5.74) is 0.824. The van der Waals surface area contributed by atoms with Crippen molar-refractivity contribution in [1.82, 2.24) is 9.78 Å². The van der Waals surface area contributed by atoms with Gasteiger partial charge in [0, 0.05) is 12.8 Å². The number of hydrogen-bond acceptors (Lipinski definition) is 4. The zero-order valence-corrected chi connectivity index (χ0v) is 8.85. The van der Waals surface area contributed by atoms with E-state index in [1.165, 1.54) is 0 Å². The summed E-state index contributed by atoms with van der Waals surface area (Å²) in [6, 6.07) is 0. The Balaban J connectivity index is 2.43. The van der Waals surface area contributed by atoms with E-state index in [0.717, 1.165) is 23.1 Å². The molecule has 1 heterocycles. The molecular weight excluding hydrogens is 196 g/mol. The van der Waals surface area contributed by atoms with E-state index in [2.05, 4.69) is 5.10 Å². The van der Waals surface area contributed by atoms with E-state index in [1.807, 2.05) is 6.92 Å². The molecule has 0 radical (unpaired) electrons. The minimum absolute atomic E-state index is 0.0522. The number of nitrogens with zero attached hydrogens (tertiary/aromatic N) is 2. The molecule has 0 bridgehead atoms. The molecule has 1 aromatic rings. The van der Waals surface area contributed by atoms with Crippen molar-refractivity contribution >= 4 is 6.09 Å². The van der Waals surface area contributed by atoms with Gasteiger partial charge in [-0.1, -0.05) is 13.3 Å². The lowest BCUT2D eigenvalue weighted by Gasteiger charge is -2.02. The van der Waals surface area contributed by atoms with Crippen molar-refractivity contribution in [3.05, 3.63) is 18.0 Å². The fourth-order valence-corrected chi connectivity index (χ4v) is 1.09. The van der Waals surface area contributed by atoms with Crippen molar-refractivity contribution in [3.8, 4) is 0 Å². The molecule has 1 rings (SSSR count). The van der Waals surface area contributed by atoms with Gasteiger partial charge in [0.05, 0.1) is 12.8 Å². The Morgan fingerprint density at radius 2 is 2.47 bits per heavy atom. The number of carbonyl (C=O) groups is 1. The normalized spacial score (nSPS) is 10.3. The molecule has 0 amide bonds. The van der Waals surface area contributed by atoms with Crippen LogP contribution in [0.25, 0.3) is 0 Å². The highest BCUT2D eigenvalue weighted by atomic mass is 16.6. The van der Waals surface area contributed by atoms with Crippen LogP contribution < -0.4 is 0 Å². The van der Waals surface area contributed by atoms with Crippen LogP contribution in [0.3, 0.4) is 0 Å². The Bertz CT molecular complexity index is 309. The molecule has 5 nitrogen and oxygen atoms in total. The van der Waals surface area contributed by atoms with E-state index in [0.29, 0.717) is 13.0 Å². The molecule has 0 fully saturated rings.